The van der Waals surface area contributed by atoms with Crippen LogP contribution >= 0.6 is 11.3 Å². The number of thiazole rings is 1. The zero-order valence-corrected chi connectivity index (χ0v) is 23.3. The van der Waals surface area contributed by atoms with Crippen LogP contribution < -0.4 is 21.3 Å². The van der Waals surface area contributed by atoms with E-state index in [0.717, 1.165) is 45.5 Å². The summed E-state index contributed by atoms with van der Waals surface area (Å²) >= 11 is 1.57. The Hall–Kier alpha value is -3.96. The summed E-state index contributed by atoms with van der Waals surface area (Å²) in [5, 5.41) is 16.5. The van der Waals surface area contributed by atoms with Gasteiger partial charge in [-0.05, 0) is 43.7 Å². The zero-order chi connectivity index (χ0) is 27.2. The lowest BCUT2D eigenvalue weighted by molar-refractivity contribution is 0.262. The molecule has 0 unspecified atom stereocenters. The van der Waals surface area contributed by atoms with Gasteiger partial charge in [0, 0.05) is 41.0 Å². The van der Waals surface area contributed by atoms with Gasteiger partial charge in [-0.15, -0.1) is 0 Å². The van der Waals surface area contributed by atoms with Crippen molar-refractivity contribution in [3.8, 4) is 11.3 Å². The summed E-state index contributed by atoms with van der Waals surface area (Å²) in [6.45, 7) is 10.1. The highest BCUT2D eigenvalue weighted by molar-refractivity contribution is 7.23. The summed E-state index contributed by atoms with van der Waals surface area (Å²) in [5.41, 5.74) is 3.56. The van der Waals surface area contributed by atoms with E-state index in [0.29, 0.717) is 17.3 Å². The number of nitrogens with zero attached hydrogens (tertiary/aromatic N) is 4. The number of nitrogens with one attached hydrogen (secondary N) is 4. The molecule has 39 heavy (non-hydrogen) atoms. The first-order chi connectivity index (χ1) is 18.7. The fraction of sp³-hybridized carbons (Fsp3) is 0.357. The number of likely N-dealkylation sites (N-methyl/N-ethyl adjacent to an activating group) is 1. The first kappa shape index (κ1) is 25.3. The Labute approximate surface area is 230 Å². The quantitative estimate of drug-likeness (QED) is 0.186. The number of carbonyl (C=O) groups excluding carboxylic acids is 1. The van der Waals surface area contributed by atoms with Crippen molar-refractivity contribution in [2.24, 2.45) is 0 Å². The molecule has 4 aromatic heterocycles. The van der Waals surface area contributed by atoms with Gasteiger partial charge in [0.25, 0.3) is 0 Å². The van der Waals surface area contributed by atoms with Crippen LogP contribution in [-0.2, 0) is 5.41 Å². The molecule has 0 atom stereocenters. The first-order valence-electron chi connectivity index (χ1n) is 13.1. The standard InChI is InChI=1S/C28H32N8O2S/c1-5-30-28(12-13-28)16-29-22-11-10-20-24(33-22)39-26-32-19(15-36(20)26)17-6-8-18(9-7-17)31-25(37)34-23-14-21(38-35-23)27(2,3)4/h6-11,14-15,30H,5,12-13,16H2,1-4H3,(H,29,33)(H2,31,34,35,37). The van der Waals surface area contributed by atoms with Crippen LogP contribution in [0.15, 0.2) is 53.2 Å². The van der Waals surface area contributed by atoms with Crippen LogP contribution in [-0.4, -0.2) is 44.2 Å². The van der Waals surface area contributed by atoms with Gasteiger partial charge in [-0.25, -0.2) is 14.8 Å². The minimum Gasteiger partial charge on any atom is -0.368 e. The summed E-state index contributed by atoms with van der Waals surface area (Å²) in [6.07, 6.45) is 4.44. The summed E-state index contributed by atoms with van der Waals surface area (Å²) in [5.74, 6) is 1.97. The summed E-state index contributed by atoms with van der Waals surface area (Å²) in [4.78, 5) is 23.9. The van der Waals surface area contributed by atoms with Gasteiger partial charge < -0.3 is 20.5 Å². The van der Waals surface area contributed by atoms with Gasteiger partial charge >= 0.3 is 6.03 Å². The molecule has 11 heteroatoms. The van der Waals surface area contributed by atoms with E-state index < -0.39 is 0 Å². The molecule has 0 aliphatic heterocycles. The predicted molar refractivity (Wildman–Crippen MR) is 156 cm³/mol. The summed E-state index contributed by atoms with van der Waals surface area (Å²) in [6, 6.07) is 13.1. The molecule has 1 fully saturated rings. The van der Waals surface area contributed by atoms with Gasteiger partial charge in [0.05, 0.1) is 11.2 Å². The predicted octanol–water partition coefficient (Wildman–Crippen LogP) is 6.09. The Balaban J connectivity index is 1.11. The second-order valence-corrected chi connectivity index (χ2v) is 12.0. The molecule has 0 saturated heterocycles. The number of hydrogen-bond acceptors (Lipinski definition) is 8. The average Bonchev–Trinajstić information content (AvgIpc) is 3.19. The molecular weight excluding hydrogens is 512 g/mol. The molecule has 202 valence electrons. The second-order valence-electron chi connectivity index (χ2n) is 11.0. The molecule has 1 aliphatic rings. The molecule has 4 N–H and O–H groups in total. The Morgan fingerprint density at radius 3 is 2.56 bits per heavy atom. The van der Waals surface area contributed by atoms with Crippen molar-refractivity contribution < 1.29 is 9.32 Å². The maximum absolute atomic E-state index is 12.4. The third-order valence-corrected chi connectivity index (χ3v) is 7.87. The molecule has 10 nitrogen and oxygen atoms in total. The monoisotopic (exact) mass is 544 g/mol. The van der Waals surface area contributed by atoms with Crippen molar-refractivity contribution in [1.29, 1.82) is 0 Å². The number of carbonyl (C=O) groups is 1. The second kappa shape index (κ2) is 9.65. The molecule has 4 heterocycles. The van der Waals surface area contributed by atoms with Crippen molar-refractivity contribution in [2.45, 2.75) is 51.5 Å². The van der Waals surface area contributed by atoms with Gasteiger partial charge in [-0.3, -0.25) is 9.72 Å². The van der Waals surface area contributed by atoms with E-state index in [9.17, 15) is 4.79 Å². The van der Waals surface area contributed by atoms with Gasteiger partial charge in [-0.2, -0.15) is 0 Å². The lowest BCUT2D eigenvalue weighted by Crippen LogP contribution is -2.37. The van der Waals surface area contributed by atoms with E-state index in [1.165, 1.54) is 12.8 Å². The van der Waals surface area contributed by atoms with E-state index in [2.05, 4.69) is 43.8 Å². The van der Waals surface area contributed by atoms with Gasteiger partial charge in [0.1, 0.15) is 16.4 Å². The molecule has 1 aliphatic carbocycles. The van der Waals surface area contributed by atoms with Crippen molar-refractivity contribution in [1.82, 2.24) is 24.8 Å². The van der Waals surface area contributed by atoms with Crippen LogP contribution in [0.5, 0.6) is 0 Å². The highest BCUT2D eigenvalue weighted by Gasteiger charge is 2.41. The molecule has 0 radical (unpaired) electrons. The topological polar surface area (TPSA) is 121 Å². The number of rotatable bonds is 8. The van der Waals surface area contributed by atoms with Crippen LogP contribution in [0.3, 0.4) is 0 Å². The van der Waals surface area contributed by atoms with Gasteiger partial charge in [0.15, 0.2) is 10.8 Å². The molecule has 6 rings (SSSR count). The number of imidazole rings is 1. The molecule has 0 bridgehead atoms. The van der Waals surface area contributed by atoms with Crippen LogP contribution in [0.25, 0.3) is 26.6 Å². The molecule has 1 aromatic carbocycles. The van der Waals surface area contributed by atoms with E-state index in [1.807, 2.05) is 57.3 Å². The first-order valence-corrected chi connectivity index (χ1v) is 14.0. The van der Waals surface area contributed by atoms with Crippen molar-refractivity contribution in [3.63, 3.8) is 0 Å². The number of urea groups is 1. The minimum absolute atomic E-state index is 0.185. The number of hydrogen-bond donors (Lipinski definition) is 4. The smallest absolute Gasteiger partial charge is 0.324 e. The highest BCUT2D eigenvalue weighted by atomic mass is 32.1. The summed E-state index contributed by atoms with van der Waals surface area (Å²) in [7, 11) is 0. The maximum Gasteiger partial charge on any atom is 0.324 e. The third kappa shape index (κ3) is 5.32. The van der Waals surface area contributed by atoms with Crippen LogP contribution in [0.1, 0.15) is 46.3 Å². The number of benzene rings is 1. The van der Waals surface area contributed by atoms with E-state index >= 15 is 0 Å². The molecule has 1 saturated carbocycles. The van der Waals surface area contributed by atoms with E-state index in [4.69, 9.17) is 14.5 Å². The molecule has 5 aromatic rings. The molecular formula is C28H32N8O2S. The number of aromatic nitrogens is 4. The summed E-state index contributed by atoms with van der Waals surface area (Å²) < 4.78 is 7.40. The fourth-order valence-electron chi connectivity index (χ4n) is 4.52. The average molecular weight is 545 g/mol. The zero-order valence-electron chi connectivity index (χ0n) is 22.5. The lowest BCUT2D eigenvalue weighted by atomic mass is 9.93. The van der Waals surface area contributed by atoms with Crippen molar-refractivity contribution in [2.75, 3.05) is 29.0 Å². The largest absolute Gasteiger partial charge is 0.368 e. The van der Waals surface area contributed by atoms with Gasteiger partial charge in [-0.1, -0.05) is 56.3 Å². The number of amides is 2. The van der Waals surface area contributed by atoms with Crippen LogP contribution in [0.2, 0.25) is 0 Å². The lowest BCUT2D eigenvalue weighted by Gasteiger charge is -2.17. The fourth-order valence-corrected chi connectivity index (χ4v) is 5.50. The molecule has 2 amide bonds. The minimum atomic E-state index is -0.388. The Kier molecular flexibility index (Phi) is 6.27. The normalized spacial score (nSPS) is 14.6. The maximum atomic E-state index is 12.4. The Bertz CT molecular complexity index is 1640. The SMILES string of the molecule is CCNC1(CNc2ccc3c(n2)sc2nc(-c4ccc(NC(=O)Nc5cc(C(C)(C)C)on5)cc4)cn23)CC1. The molecule has 0 spiro atoms. The number of anilines is 3. The van der Waals surface area contributed by atoms with Crippen molar-refractivity contribution >= 4 is 50.0 Å². The van der Waals surface area contributed by atoms with E-state index in [1.54, 1.807) is 17.4 Å². The van der Waals surface area contributed by atoms with Crippen LogP contribution in [0.4, 0.5) is 22.1 Å². The van der Waals surface area contributed by atoms with Gasteiger partial charge in [0.2, 0.25) is 0 Å². The van der Waals surface area contributed by atoms with Crippen LogP contribution in [0, 0.1) is 0 Å². The number of fused-ring (bicyclic) bond motifs is 3. The Morgan fingerprint density at radius 2 is 1.87 bits per heavy atom. The van der Waals surface area contributed by atoms with E-state index in [-0.39, 0.29) is 17.0 Å². The Morgan fingerprint density at radius 1 is 1.08 bits per heavy atom. The van der Waals surface area contributed by atoms with Crippen molar-refractivity contribution in [3.05, 3.63) is 54.4 Å². The third-order valence-electron chi connectivity index (χ3n) is 6.90. The highest BCUT2D eigenvalue weighted by Crippen LogP contribution is 2.35. The number of pyridine rings is 1.